The molecule has 0 saturated carbocycles. The van der Waals surface area contributed by atoms with Gasteiger partial charge in [-0.1, -0.05) is 39.0 Å². The minimum atomic E-state index is 0.106. The monoisotopic (exact) mass is 296 g/mol. The highest BCUT2D eigenvalue weighted by Gasteiger charge is 2.39. The predicted molar refractivity (Wildman–Crippen MR) is 90.5 cm³/mol. The molecule has 0 radical (unpaired) electrons. The predicted octanol–water partition coefficient (Wildman–Crippen LogP) is 4.11. The zero-order valence-corrected chi connectivity index (χ0v) is 14.9. The van der Waals surface area contributed by atoms with E-state index in [9.17, 15) is 4.79 Å². The summed E-state index contributed by atoms with van der Waals surface area (Å²) in [5.74, 6) is 0. The van der Waals surface area contributed by atoms with Gasteiger partial charge in [0.2, 0.25) is 6.41 Å². The SMILES string of the molecule is CCCCCCCCN(C=O)C1CC(C)(C)NC(C)(C)C1. The van der Waals surface area contributed by atoms with Crippen LogP contribution in [-0.4, -0.2) is 35.0 Å². The van der Waals surface area contributed by atoms with Crippen LogP contribution >= 0.6 is 0 Å². The fourth-order valence-electron chi connectivity index (χ4n) is 3.90. The third-order valence-electron chi connectivity index (χ3n) is 4.54. The van der Waals surface area contributed by atoms with E-state index >= 15 is 0 Å². The number of carbonyl (C=O) groups is 1. The van der Waals surface area contributed by atoms with E-state index in [1.54, 1.807) is 0 Å². The van der Waals surface area contributed by atoms with E-state index in [2.05, 4.69) is 44.8 Å². The quantitative estimate of drug-likeness (QED) is 0.513. The maximum atomic E-state index is 11.5. The number of amides is 1. The van der Waals surface area contributed by atoms with Crippen molar-refractivity contribution in [2.45, 2.75) is 103 Å². The average Bonchev–Trinajstić information content (AvgIpc) is 2.34. The Labute approximate surface area is 131 Å². The molecule has 21 heavy (non-hydrogen) atoms. The Morgan fingerprint density at radius 3 is 2.05 bits per heavy atom. The Balaban J connectivity index is 2.42. The molecule has 1 amide bonds. The van der Waals surface area contributed by atoms with Crippen LogP contribution in [0.4, 0.5) is 0 Å². The van der Waals surface area contributed by atoms with Crippen LogP contribution in [0.1, 0.15) is 86.0 Å². The lowest BCUT2D eigenvalue weighted by molar-refractivity contribution is -0.122. The van der Waals surface area contributed by atoms with Crippen LogP contribution in [-0.2, 0) is 4.79 Å². The van der Waals surface area contributed by atoms with Crippen LogP contribution in [0.2, 0.25) is 0 Å². The highest BCUT2D eigenvalue weighted by atomic mass is 16.1. The number of hydrogen-bond acceptors (Lipinski definition) is 2. The number of nitrogens with one attached hydrogen (secondary N) is 1. The van der Waals surface area contributed by atoms with E-state index in [0.717, 1.165) is 32.2 Å². The van der Waals surface area contributed by atoms with Crippen molar-refractivity contribution in [3.05, 3.63) is 0 Å². The molecule has 3 heteroatoms. The van der Waals surface area contributed by atoms with E-state index in [4.69, 9.17) is 0 Å². The minimum Gasteiger partial charge on any atom is -0.342 e. The number of unbranched alkanes of at least 4 members (excludes halogenated alkanes) is 5. The lowest BCUT2D eigenvalue weighted by atomic mass is 9.79. The molecule has 0 aromatic heterocycles. The van der Waals surface area contributed by atoms with Gasteiger partial charge in [0.15, 0.2) is 0 Å². The molecule has 0 unspecified atom stereocenters. The third kappa shape index (κ3) is 6.82. The van der Waals surface area contributed by atoms with Crippen molar-refractivity contribution >= 4 is 6.41 Å². The maximum Gasteiger partial charge on any atom is 0.209 e. The molecule has 0 atom stereocenters. The van der Waals surface area contributed by atoms with Crippen molar-refractivity contribution in [2.24, 2.45) is 0 Å². The Morgan fingerprint density at radius 2 is 1.52 bits per heavy atom. The van der Waals surface area contributed by atoms with Gasteiger partial charge in [-0.15, -0.1) is 0 Å². The van der Waals surface area contributed by atoms with Crippen LogP contribution in [0.5, 0.6) is 0 Å². The van der Waals surface area contributed by atoms with Crippen molar-refractivity contribution in [3.63, 3.8) is 0 Å². The first-order chi connectivity index (χ1) is 9.79. The van der Waals surface area contributed by atoms with Crippen LogP contribution in [0.3, 0.4) is 0 Å². The highest BCUT2D eigenvalue weighted by Crippen LogP contribution is 2.31. The molecule has 0 spiro atoms. The Morgan fingerprint density at radius 1 is 1.00 bits per heavy atom. The third-order valence-corrected chi connectivity index (χ3v) is 4.54. The summed E-state index contributed by atoms with van der Waals surface area (Å²) in [4.78, 5) is 13.6. The van der Waals surface area contributed by atoms with E-state index in [0.29, 0.717) is 6.04 Å². The molecule has 1 saturated heterocycles. The average molecular weight is 296 g/mol. The number of nitrogens with zero attached hydrogens (tertiary/aromatic N) is 1. The van der Waals surface area contributed by atoms with Gasteiger partial charge < -0.3 is 10.2 Å². The second-order valence-corrected chi connectivity index (χ2v) is 8.07. The molecule has 0 aromatic carbocycles. The minimum absolute atomic E-state index is 0.106. The van der Waals surface area contributed by atoms with Gasteiger partial charge in [0.05, 0.1) is 0 Å². The molecule has 0 bridgehead atoms. The molecule has 0 aliphatic carbocycles. The van der Waals surface area contributed by atoms with Gasteiger partial charge >= 0.3 is 0 Å². The Hall–Kier alpha value is -0.570. The largest absolute Gasteiger partial charge is 0.342 e. The van der Waals surface area contributed by atoms with Gasteiger partial charge in [-0.25, -0.2) is 0 Å². The van der Waals surface area contributed by atoms with Crippen molar-refractivity contribution in [1.82, 2.24) is 10.2 Å². The normalized spacial score (nSPS) is 21.2. The Kier molecular flexibility index (Phi) is 7.19. The van der Waals surface area contributed by atoms with Crippen molar-refractivity contribution in [2.75, 3.05) is 6.54 Å². The molecule has 1 rings (SSSR count). The van der Waals surface area contributed by atoms with Gasteiger partial charge in [0.1, 0.15) is 0 Å². The topological polar surface area (TPSA) is 32.3 Å². The summed E-state index contributed by atoms with van der Waals surface area (Å²) in [6.07, 6.45) is 10.8. The van der Waals surface area contributed by atoms with Crippen LogP contribution in [0.25, 0.3) is 0 Å². The van der Waals surface area contributed by atoms with E-state index < -0.39 is 0 Å². The van der Waals surface area contributed by atoms with Crippen LogP contribution < -0.4 is 5.32 Å². The summed E-state index contributed by atoms with van der Waals surface area (Å²) >= 11 is 0. The summed E-state index contributed by atoms with van der Waals surface area (Å²) in [5, 5.41) is 3.69. The van der Waals surface area contributed by atoms with Crippen LogP contribution in [0.15, 0.2) is 0 Å². The smallest absolute Gasteiger partial charge is 0.209 e. The molecule has 124 valence electrons. The molecule has 3 nitrogen and oxygen atoms in total. The van der Waals surface area contributed by atoms with Gasteiger partial charge in [-0.05, 0) is 47.0 Å². The molecule has 1 heterocycles. The number of hydrogen-bond donors (Lipinski definition) is 1. The molecule has 1 fully saturated rings. The first-order valence-corrected chi connectivity index (χ1v) is 8.80. The van der Waals surface area contributed by atoms with E-state index in [-0.39, 0.29) is 11.1 Å². The van der Waals surface area contributed by atoms with Gasteiger partial charge in [0.25, 0.3) is 0 Å². The van der Waals surface area contributed by atoms with Gasteiger partial charge in [-0.3, -0.25) is 4.79 Å². The maximum absolute atomic E-state index is 11.5. The first-order valence-electron chi connectivity index (χ1n) is 8.80. The van der Waals surface area contributed by atoms with Gasteiger partial charge in [-0.2, -0.15) is 0 Å². The summed E-state index contributed by atoms with van der Waals surface area (Å²) < 4.78 is 0. The standard InChI is InChI=1S/C18H36N2O/c1-6-7-8-9-10-11-12-20(15-21)16-13-17(2,3)19-18(4,5)14-16/h15-16,19H,6-14H2,1-5H3. The zero-order chi connectivity index (χ0) is 15.9. The lowest BCUT2D eigenvalue weighted by Crippen LogP contribution is -2.62. The van der Waals surface area contributed by atoms with E-state index in [1.807, 2.05) is 0 Å². The zero-order valence-electron chi connectivity index (χ0n) is 14.9. The number of carbonyl (C=O) groups excluding carboxylic acids is 1. The Bertz CT molecular complexity index is 296. The fraction of sp³-hybridized carbons (Fsp3) is 0.944. The molecular formula is C18H36N2O. The highest BCUT2D eigenvalue weighted by molar-refractivity contribution is 5.48. The van der Waals surface area contributed by atoms with E-state index in [1.165, 1.54) is 32.1 Å². The lowest BCUT2D eigenvalue weighted by Gasteiger charge is -2.49. The summed E-state index contributed by atoms with van der Waals surface area (Å²) in [7, 11) is 0. The van der Waals surface area contributed by atoms with Crippen molar-refractivity contribution in [3.8, 4) is 0 Å². The summed E-state index contributed by atoms with van der Waals surface area (Å²) in [5.41, 5.74) is 0.212. The molecule has 1 aliphatic heterocycles. The molecule has 1 aliphatic rings. The summed E-state index contributed by atoms with van der Waals surface area (Å²) in [6.45, 7) is 12.1. The second-order valence-electron chi connectivity index (χ2n) is 8.07. The molecule has 0 aromatic rings. The van der Waals surface area contributed by atoms with Crippen molar-refractivity contribution in [1.29, 1.82) is 0 Å². The number of piperidine rings is 1. The van der Waals surface area contributed by atoms with Gasteiger partial charge in [0, 0.05) is 23.7 Å². The number of rotatable bonds is 9. The summed E-state index contributed by atoms with van der Waals surface area (Å²) in [6, 6.07) is 0.379. The molecular weight excluding hydrogens is 260 g/mol. The molecule has 1 N–H and O–H groups in total. The first kappa shape index (κ1) is 18.5. The fourth-order valence-corrected chi connectivity index (χ4v) is 3.90. The van der Waals surface area contributed by atoms with Crippen molar-refractivity contribution < 1.29 is 4.79 Å². The van der Waals surface area contributed by atoms with Crippen LogP contribution in [0, 0.1) is 0 Å². The second kappa shape index (κ2) is 8.17.